The van der Waals surface area contributed by atoms with Crippen molar-refractivity contribution in [3.63, 3.8) is 0 Å². The largest absolute Gasteiger partial charge is 0.430 e. The van der Waals surface area contributed by atoms with Gasteiger partial charge in [-0.3, -0.25) is 0 Å². The van der Waals surface area contributed by atoms with E-state index in [-0.39, 0.29) is 0 Å². The molecule has 1 fully saturated rings. The second kappa shape index (κ2) is 3.69. The Labute approximate surface area is 92.9 Å². The number of halogens is 4. The Bertz CT molecular complexity index is 451. The van der Waals surface area contributed by atoms with Crippen molar-refractivity contribution in [1.29, 1.82) is 0 Å². The van der Waals surface area contributed by atoms with E-state index in [1.54, 1.807) is 0 Å². The number of esters is 1. The fourth-order valence-electron chi connectivity index (χ4n) is 1.18. The van der Waals surface area contributed by atoms with E-state index in [0.29, 0.717) is 0 Å². The predicted octanol–water partition coefficient (Wildman–Crippen LogP) is 2.06. The maximum Gasteiger partial charge on any atom is 0.430 e. The normalized spacial score (nSPS) is 23.3. The summed E-state index contributed by atoms with van der Waals surface area (Å²) >= 11 is 0. The van der Waals surface area contributed by atoms with Crippen molar-refractivity contribution in [2.45, 2.75) is 11.8 Å². The predicted molar refractivity (Wildman–Crippen MR) is 46.8 cm³/mol. The number of hydrogen-bond donors (Lipinski definition) is 0. The van der Waals surface area contributed by atoms with Crippen LogP contribution < -0.4 is 4.74 Å². The molecule has 1 unspecified atom stereocenters. The molecule has 17 heavy (non-hydrogen) atoms. The van der Waals surface area contributed by atoms with Crippen LogP contribution in [0.4, 0.5) is 17.6 Å². The van der Waals surface area contributed by atoms with Crippen molar-refractivity contribution >= 4 is 5.97 Å². The number of epoxide rings is 1. The molecular formula is C10H6F4O3. The van der Waals surface area contributed by atoms with Gasteiger partial charge in [0.25, 0.3) is 5.60 Å². The Morgan fingerprint density at radius 3 is 2.41 bits per heavy atom. The van der Waals surface area contributed by atoms with Crippen LogP contribution in [-0.2, 0) is 9.53 Å². The van der Waals surface area contributed by atoms with Gasteiger partial charge >= 0.3 is 12.1 Å². The average Bonchev–Trinajstić information content (AvgIpc) is 3.01. The van der Waals surface area contributed by atoms with Crippen molar-refractivity contribution in [3.05, 3.63) is 30.1 Å². The highest BCUT2D eigenvalue weighted by Gasteiger charge is 2.73. The van der Waals surface area contributed by atoms with Gasteiger partial charge in [0, 0.05) is 0 Å². The zero-order valence-corrected chi connectivity index (χ0v) is 8.25. The third-order valence-electron chi connectivity index (χ3n) is 2.26. The lowest BCUT2D eigenvalue weighted by molar-refractivity contribution is -0.198. The molecular weight excluding hydrogens is 244 g/mol. The molecule has 1 aliphatic rings. The summed E-state index contributed by atoms with van der Waals surface area (Å²) in [6, 6.07) is 4.68. The van der Waals surface area contributed by atoms with E-state index in [1.807, 2.05) is 0 Å². The molecule has 0 bridgehead atoms. The van der Waals surface area contributed by atoms with Crippen LogP contribution in [-0.4, -0.2) is 24.4 Å². The molecule has 3 nitrogen and oxygen atoms in total. The van der Waals surface area contributed by atoms with Crippen LogP contribution in [0.1, 0.15) is 0 Å². The molecule has 1 aliphatic heterocycles. The van der Waals surface area contributed by atoms with Crippen LogP contribution >= 0.6 is 0 Å². The standard InChI is InChI=1S/C10H6F4O3/c11-6-3-1-2-4-7(6)17-8(15)9(5-16-9)10(12,13)14/h1-4H,5H2. The summed E-state index contributed by atoms with van der Waals surface area (Å²) in [4.78, 5) is 11.3. The van der Waals surface area contributed by atoms with E-state index in [2.05, 4.69) is 9.47 Å². The first-order chi connectivity index (χ1) is 7.87. The molecule has 0 saturated carbocycles. The number of benzene rings is 1. The van der Waals surface area contributed by atoms with Gasteiger partial charge in [0.2, 0.25) is 0 Å². The Morgan fingerprint density at radius 2 is 1.94 bits per heavy atom. The third-order valence-corrected chi connectivity index (χ3v) is 2.26. The van der Waals surface area contributed by atoms with Gasteiger partial charge in [-0.15, -0.1) is 0 Å². The summed E-state index contributed by atoms with van der Waals surface area (Å²) in [7, 11) is 0. The maximum absolute atomic E-state index is 13.1. The van der Waals surface area contributed by atoms with E-state index < -0.39 is 35.9 Å². The average molecular weight is 250 g/mol. The summed E-state index contributed by atoms with van der Waals surface area (Å²) in [5.74, 6) is -3.13. The van der Waals surface area contributed by atoms with E-state index in [1.165, 1.54) is 12.1 Å². The fourth-order valence-corrected chi connectivity index (χ4v) is 1.18. The number of carbonyl (C=O) groups is 1. The minimum absolute atomic E-state index is 0.559. The van der Waals surface area contributed by atoms with Crippen LogP contribution in [0.2, 0.25) is 0 Å². The quantitative estimate of drug-likeness (QED) is 0.349. The Morgan fingerprint density at radius 1 is 1.35 bits per heavy atom. The lowest BCUT2D eigenvalue weighted by atomic mass is 10.1. The molecule has 1 heterocycles. The Hall–Kier alpha value is -1.63. The number of ether oxygens (including phenoxy) is 2. The fraction of sp³-hybridized carbons (Fsp3) is 0.300. The molecule has 0 aromatic heterocycles. The number of carbonyl (C=O) groups excluding carboxylic acids is 1. The Kier molecular flexibility index (Phi) is 2.57. The van der Waals surface area contributed by atoms with Gasteiger partial charge in [-0.25, -0.2) is 9.18 Å². The first-order valence-electron chi connectivity index (χ1n) is 4.54. The molecule has 0 radical (unpaired) electrons. The van der Waals surface area contributed by atoms with Crippen molar-refractivity contribution in [2.24, 2.45) is 0 Å². The van der Waals surface area contributed by atoms with E-state index in [0.717, 1.165) is 12.1 Å². The number of rotatable bonds is 2. The maximum atomic E-state index is 13.1. The summed E-state index contributed by atoms with van der Waals surface area (Å²) in [5.41, 5.74) is -2.94. The first kappa shape index (κ1) is 11.8. The van der Waals surface area contributed by atoms with E-state index >= 15 is 0 Å². The highest BCUT2D eigenvalue weighted by atomic mass is 19.4. The lowest BCUT2D eigenvalue weighted by Gasteiger charge is -2.14. The molecule has 1 aromatic carbocycles. The second-order valence-electron chi connectivity index (χ2n) is 3.43. The zero-order valence-electron chi connectivity index (χ0n) is 8.25. The summed E-state index contributed by atoms with van der Waals surface area (Å²) in [6.45, 7) is -0.802. The van der Waals surface area contributed by atoms with Crippen LogP contribution in [0, 0.1) is 5.82 Å². The molecule has 1 aromatic rings. The van der Waals surface area contributed by atoms with Gasteiger partial charge in [0.15, 0.2) is 11.6 Å². The lowest BCUT2D eigenvalue weighted by Crippen LogP contribution is -2.43. The van der Waals surface area contributed by atoms with Gasteiger partial charge in [0.1, 0.15) is 0 Å². The van der Waals surface area contributed by atoms with Crippen molar-refractivity contribution in [3.8, 4) is 5.75 Å². The van der Waals surface area contributed by atoms with Crippen LogP contribution in [0.5, 0.6) is 5.75 Å². The van der Waals surface area contributed by atoms with E-state index in [9.17, 15) is 22.4 Å². The molecule has 1 saturated heterocycles. The number of para-hydroxylation sites is 1. The molecule has 0 aliphatic carbocycles. The summed E-state index contributed by atoms with van der Waals surface area (Å²) in [5, 5.41) is 0. The number of alkyl halides is 3. The van der Waals surface area contributed by atoms with Crippen molar-refractivity contribution < 1.29 is 31.8 Å². The topological polar surface area (TPSA) is 38.8 Å². The van der Waals surface area contributed by atoms with Gasteiger partial charge in [-0.1, -0.05) is 12.1 Å². The van der Waals surface area contributed by atoms with Gasteiger partial charge in [-0.2, -0.15) is 13.2 Å². The van der Waals surface area contributed by atoms with Gasteiger partial charge in [0.05, 0.1) is 6.61 Å². The SMILES string of the molecule is O=C(Oc1ccccc1F)C1(C(F)(F)F)CO1. The molecule has 0 amide bonds. The van der Waals surface area contributed by atoms with Crippen LogP contribution in [0.3, 0.4) is 0 Å². The monoisotopic (exact) mass is 250 g/mol. The van der Waals surface area contributed by atoms with Crippen LogP contribution in [0.15, 0.2) is 24.3 Å². The molecule has 7 heteroatoms. The zero-order chi connectivity index (χ0) is 12.7. The summed E-state index contributed by atoms with van der Waals surface area (Å²) < 4.78 is 58.8. The van der Waals surface area contributed by atoms with Crippen molar-refractivity contribution in [1.82, 2.24) is 0 Å². The minimum Gasteiger partial charge on any atom is -0.421 e. The highest BCUT2D eigenvalue weighted by molar-refractivity contribution is 5.85. The minimum atomic E-state index is -4.87. The molecule has 1 atom stereocenters. The van der Waals surface area contributed by atoms with Crippen LogP contribution in [0.25, 0.3) is 0 Å². The second-order valence-corrected chi connectivity index (χ2v) is 3.43. The van der Waals surface area contributed by atoms with E-state index in [4.69, 9.17) is 0 Å². The van der Waals surface area contributed by atoms with Gasteiger partial charge in [-0.05, 0) is 12.1 Å². The van der Waals surface area contributed by atoms with Crippen molar-refractivity contribution in [2.75, 3.05) is 6.61 Å². The molecule has 92 valence electrons. The Balaban J connectivity index is 2.16. The van der Waals surface area contributed by atoms with Gasteiger partial charge < -0.3 is 9.47 Å². The molecule has 0 N–H and O–H groups in total. The smallest absolute Gasteiger partial charge is 0.421 e. The first-order valence-corrected chi connectivity index (χ1v) is 4.54. The molecule has 0 spiro atoms. The third kappa shape index (κ3) is 1.97. The number of hydrogen-bond acceptors (Lipinski definition) is 3. The summed E-state index contributed by atoms with van der Waals surface area (Å²) in [6.07, 6.45) is -4.87. The highest BCUT2D eigenvalue weighted by Crippen LogP contribution is 2.44. The molecule has 2 rings (SSSR count).